The molecular formula is C10H18N4O3S. The minimum absolute atomic E-state index is 0.307. The maximum absolute atomic E-state index is 12.2. The lowest BCUT2D eigenvalue weighted by molar-refractivity contribution is -0.137. The van der Waals surface area contributed by atoms with Gasteiger partial charge in [-0.15, -0.1) is 17.5 Å². The third kappa shape index (κ3) is 3.95. The Morgan fingerprint density at radius 1 is 1.28 bits per heavy atom. The van der Waals surface area contributed by atoms with Crippen LogP contribution in [0.25, 0.3) is 0 Å². The van der Waals surface area contributed by atoms with Crippen molar-refractivity contribution >= 4 is 24.4 Å². The molecule has 0 aliphatic carbocycles. The van der Waals surface area contributed by atoms with Gasteiger partial charge >= 0.3 is 0 Å². The van der Waals surface area contributed by atoms with Gasteiger partial charge in [-0.3, -0.25) is 9.59 Å². The number of hydrogen-bond donors (Lipinski definition) is 2. The molecule has 0 aromatic carbocycles. The van der Waals surface area contributed by atoms with Crippen molar-refractivity contribution < 1.29 is 9.59 Å². The van der Waals surface area contributed by atoms with E-state index in [-0.39, 0.29) is 11.8 Å². The first-order chi connectivity index (χ1) is 8.45. The van der Waals surface area contributed by atoms with Gasteiger partial charge in [0.15, 0.2) is 5.37 Å². The normalized spacial score (nSPS) is 20.1. The lowest BCUT2D eigenvalue weighted by atomic mass is 10.2. The first kappa shape index (κ1) is 14.9. The van der Waals surface area contributed by atoms with Crippen LogP contribution in [0.5, 0.6) is 0 Å². The SMILES string of the molecule is CC(=O)NC(C(=O)N1CCN(C)CC1)C(S)N=O. The number of carbonyl (C=O) groups excluding carboxylic acids is 2. The van der Waals surface area contributed by atoms with Crippen molar-refractivity contribution in [2.45, 2.75) is 18.3 Å². The van der Waals surface area contributed by atoms with Crippen molar-refractivity contribution in [3.8, 4) is 0 Å². The number of carbonyl (C=O) groups is 2. The summed E-state index contributed by atoms with van der Waals surface area (Å²) in [6.07, 6.45) is 0. The number of thiol groups is 1. The predicted octanol–water partition coefficient (Wildman–Crippen LogP) is -0.713. The van der Waals surface area contributed by atoms with Gasteiger partial charge in [-0.2, -0.15) is 0 Å². The summed E-state index contributed by atoms with van der Waals surface area (Å²) >= 11 is 3.92. The summed E-state index contributed by atoms with van der Waals surface area (Å²) < 4.78 is 0. The molecule has 0 radical (unpaired) electrons. The van der Waals surface area contributed by atoms with Crippen molar-refractivity contribution in [3.63, 3.8) is 0 Å². The zero-order valence-electron chi connectivity index (χ0n) is 10.5. The van der Waals surface area contributed by atoms with Gasteiger partial charge in [-0.25, -0.2) is 0 Å². The van der Waals surface area contributed by atoms with Crippen LogP contribution >= 0.6 is 12.6 Å². The van der Waals surface area contributed by atoms with Gasteiger partial charge < -0.3 is 15.1 Å². The number of nitrogens with one attached hydrogen (secondary N) is 1. The molecule has 1 aliphatic rings. The van der Waals surface area contributed by atoms with E-state index in [1.165, 1.54) is 6.92 Å². The Morgan fingerprint density at radius 3 is 2.28 bits per heavy atom. The largest absolute Gasteiger partial charge is 0.342 e. The number of nitroso groups, excluding NO2 is 1. The van der Waals surface area contributed by atoms with E-state index < -0.39 is 11.4 Å². The highest BCUT2D eigenvalue weighted by atomic mass is 32.1. The lowest BCUT2D eigenvalue weighted by Gasteiger charge is -2.34. The highest BCUT2D eigenvalue weighted by molar-refractivity contribution is 7.81. The smallest absolute Gasteiger partial charge is 0.248 e. The standard InChI is InChI=1S/C10H18N4O3S/c1-7(15)11-8(9(18)12-17)10(16)14-5-3-13(2)4-6-14/h8-9,18H,3-6H2,1-2H3,(H,11,15). The molecule has 102 valence electrons. The first-order valence-corrected chi connectivity index (χ1v) is 6.22. The van der Waals surface area contributed by atoms with E-state index in [4.69, 9.17) is 0 Å². The zero-order valence-corrected chi connectivity index (χ0v) is 11.4. The van der Waals surface area contributed by atoms with Crippen molar-refractivity contribution in [1.82, 2.24) is 15.1 Å². The van der Waals surface area contributed by atoms with Crippen molar-refractivity contribution in [2.24, 2.45) is 5.18 Å². The summed E-state index contributed by atoms with van der Waals surface area (Å²) in [5.41, 5.74) is 0. The van der Waals surface area contributed by atoms with E-state index in [0.29, 0.717) is 13.1 Å². The molecule has 8 heteroatoms. The third-order valence-electron chi connectivity index (χ3n) is 2.85. The molecule has 18 heavy (non-hydrogen) atoms. The van der Waals surface area contributed by atoms with Crippen LogP contribution in [-0.2, 0) is 9.59 Å². The zero-order chi connectivity index (χ0) is 13.7. The number of likely N-dealkylation sites (N-methyl/N-ethyl adjacent to an activating group) is 1. The van der Waals surface area contributed by atoms with Gasteiger partial charge in [-0.05, 0) is 7.05 Å². The highest BCUT2D eigenvalue weighted by Crippen LogP contribution is 2.10. The molecule has 0 bridgehead atoms. The van der Waals surface area contributed by atoms with Crippen LogP contribution in [0.3, 0.4) is 0 Å². The second-order valence-corrected chi connectivity index (χ2v) is 4.85. The van der Waals surface area contributed by atoms with Crippen molar-refractivity contribution in [3.05, 3.63) is 4.91 Å². The average molecular weight is 274 g/mol. The van der Waals surface area contributed by atoms with Crippen LogP contribution in [-0.4, -0.2) is 66.3 Å². The third-order valence-corrected chi connectivity index (χ3v) is 3.24. The molecule has 2 amide bonds. The maximum atomic E-state index is 12.2. The molecule has 1 fully saturated rings. The molecule has 7 nitrogen and oxygen atoms in total. The molecule has 2 atom stereocenters. The number of piperazine rings is 1. The molecule has 0 aromatic heterocycles. The van der Waals surface area contributed by atoms with Gasteiger partial charge in [0.2, 0.25) is 11.8 Å². The Labute approximate surface area is 111 Å². The Bertz CT molecular complexity index is 331. The second-order valence-electron chi connectivity index (χ2n) is 4.33. The van der Waals surface area contributed by atoms with E-state index in [2.05, 4.69) is 28.0 Å². The molecule has 1 heterocycles. The van der Waals surface area contributed by atoms with Crippen LogP contribution in [0.2, 0.25) is 0 Å². The summed E-state index contributed by atoms with van der Waals surface area (Å²) in [5, 5.41) is 4.07. The molecular weight excluding hydrogens is 256 g/mol. The number of amides is 2. The quantitative estimate of drug-likeness (QED) is 0.524. The fourth-order valence-electron chi connectivity index (χ4n) is 1.77. The van der Waals surface area contributed by atoms with Crippen LogP contribution in [0.1, 0.15) is 6.92 Å². The molecule has 1 rings (SSSR count). The van der Waals surface area contributed by atoms with Crippen molar-refractivity contribution in [1.29, 1.82) is 0 Å². The number of hydrogen-bond acceptors (Lipinski definition) is 6. The highest BCUT2D eigenvalue weighted by Gasteiger charge is 2.32. The average Bonchev–Trinajstić information content (AvgIpc) is 2.35. The Morgan fingerprint density at radius 2 is 1.83 bits per heavy atom. The fourth-order valence-corrected chi connectivity index (χ4v) is 1.97. The molecule has 1 saturated heterocycles. The summed E-state index contributed by atoms with van der Waals surface area (Å²) in [5.74, 6) is -0.692. The van der Waals surface area contributed by atoms with Gasteiger partial charge in [0.25, 0.3) is 0 Å². The van der Waals surface area contributed by atoms with Crippen molar-refractivity contribution in [2.75, 3.05) is 33.2 Å². The summed E-state index contributed by atoms with van der Waals surface area (Å²) in [7, 11) is 1.97. The van der Waals surface area contributed by atoms with Gasteiger partial charge in [-0.1, -0.05) is 5.18 Å². The summed E-state index contributed by atoms with van der Waals surface area (Å²) in [6.45, 7) is 3.97. The molecule has 2 unspecified atom stereocenters. The van der Waals surface area contributed by atoms with E-state index in [1.807, 2.05) is 7.05 Å². The Hall–Kier alpha value is -1.15. The van der Waals surface area contributed by atoms with Crippen LogP contribution in [0.4, 0.5) is 0 Å². The Balaban J connectivity index is 2.69. The lowest BCUT2D eigenvalue weighted by Crippen LogP contribution is -2.56. The monoisotopic (exact) mass is 274 g/mol. The molecule has 1 aliphatic heterocycles. The van der Waals surface area contributed by atoms with Crippen LogP contribution in [0, 0.1) is 4.91 Å². The molecule has 0 spiro atoms. The summed E-state index contributed by atoms with van der Waals surface area (Å²) in [6, 6.07) is -0.994. The van der Waals surface area contributed by atoms with E-state index in [9.17, 15) is 14.5 Å². The minimum Gasteiger partial charge on any atom is -0.342 e. The van der Waals surface area contributed by atoms with Crippen LogP contribution < -0.4 is 5.32 Å². The van der Waals surface area contributed by atoms with Gasteiger partial charge in [0.05, 0.1) is 0 Å². The number of rotatable bonds is 4. The first-order valence-electron chi connectivity index (χ1n) is 5.70. The second kappa shape index (κ2) is 6.69. The topological polar surface area (TPSA) is 82.1 Å². The van der Waals surface area contributed by atoms with Gasteiger partial charge in [0.1, 0.15) is 6.04 Å². The predicted molar refractivity (Wildman–Crippen MR) is 70.3 cm³/mol. The molecule has 0 aromatic rings. The van der Waals surface area contributed by atoms with E-state index >= 15 is 0 Å². The van der Waals surface area contributed by atoms with E-state index in [1.54, 1.807) is 4.90 Å². The van der Waals surface area contributed by atoms with E-state index in [0.717, 1.165) is 13.1 Å². The molecule has 1 N–H and O–H groups in total. The Kier molecular flexibility index (Phi) is 5.54. The van der Waals surface area contributed by atoms with Gasteiger partial charge in [0, 0.05) is 33.1 Å². The number of nitrogens with zero attached hydrogens (tertiary/aromatic N) is 3. The van der Waals surface area contributed by atoms with Crippen LogP contribution in [0.15, 0.2) is 5.18 Å². The minimum atomic E-state index is -1.07. The maximum Gasteiger partial charge on any atom is 0.248 e. The summed E-state index contributed by atoms with van der Waals surface area (Å²) in [4.78, 5) is 37.5. The fraction of sp³-hybridized carbons (Fsp3) is 0.800. The molecule has 0 saturated carbocycles.